The van der Waals surface area contributed by atoms with Gasteiger partial charge in [-0.2, -0.15) is 0 Å². The maximum atomic E-state index is 12.3. The molecule has 7 nitrogen and oxygen atoms in total. The number of carbonyl (C=O) groups excluding carboxylic acids is 1. The topological polar surface area (TPSA) is 79.4 Å². The number of ether oxygens (including phenoxy) is 1. The first-order valence-corrected chi connectivity index (χ1v) is 12.7. The minimum absolute atomic E-state index is 0.0863. The lowest BCUT2D eigenvalue weighted by Crippen LogP contribution is -2.36. The van der Waals surface area contributed by atoms with E-state index in [0.717, 1.165) is 59.4 Å². The number of hydrogen-bond acceptors (Lipinski definition) is 8. The zero-order valence-electron chi connectivity index (χ0n) is 18.3. The molecule has 0 spiro atoms. The minimum atomic E-state index is -0.0863. The molecule has 33 heavy (non-hydrogen) atoms. The van der Waals surface area contributed by atoms with E-state index in [9.17, 15) is 4.79 Å². The molecule has 0 aliphatic carbocycles. The summed E-state index contributed by atoms with van der Waals surface area (Å²) < 4.78 is 5.48. The number of hydrogen-bond donors (Lipinski definition) is 2. The van der Waals surface area contributed by atoms with E-state index in [1.54, 1.807) is 22.7 Å². The van der Waals surface area contributed by atoms with Crippen molar-refractivity contribution in [2.24, 2.45) is 0 Å². The van der Waals surface area contributed by atoms with Gasteiger partial charge in [0.2, 0.25) is 0 Å². The van der Waals surface area contributed by atoms with E-state index < -0.39 is 0 Å². The van der Waals surface area contributed by atoms with Crippen molar-refractivity contribution in [3.8, 4) is 10.4 Å². The second-order valence-electron chi connectivity index (χ2n) is 7.75. The summed E-state index contributed by atoms with van der Waals surface area (Å²) in [6.07, 6.45) is 0. The molecular weight excluding hydrogens is 454 g/mol. The maximum Gasteiger partial charge on any atom is 0.251 e. The zero-order valence-corrected chi connectivity index (χ0v) is 20.0. The highest BCUT2D eigenvalue weighted by atomic mass is 32.1. The van der Waals surface area contributed by atoms with Gasteiger partial charge in [-0.1, -0.05) is 12.1 Å². The largest absolute Gasteiger partial charge is 0.379 e. The first-order chi connectivity index (χ1) is 16.2. The Labute approximate surface area is 200 Å². The van der Waals surface area contributed by atoms with Crippen LogP contribution >= 0.6 is 22.7 Å². The lowest BCUT2D eigenvalue weighted by Gasteiger charge is -2.25. The van der Waals surface area contributed by atoms with Gasteiger partial charge in [-0.3, -0.25) is 9.69 Å². The fraction of sp³-hybridized carbons (Fsp3) is 0.292. The molecular formula is C24H25N5O2S2. The number of rotatable bonds is 7. The zero-order chi connectivity index (χ0) is 22.6. The number of thiophene rings is 2. The third kappa shape index (κ3) is 4.91. The number of fused-ring (bicyclic) bond motifs is 1. The molecule has 1 saturated heterocycles. The van der Waals surface area contributed by atoms with Gasteiger partial charge in [0.15, 0.2) is 0 Å². The van der Waals surface area contributed by atoms with Crippen LogP contribution in [0.3, 0.4) is 0 Å². The van der Waals surface area contributed by atoms with Gasteiger partial charge >= 0.3 is 0 Å². The number of carbonyl (C=O) groups is 1. The Balaban J connectivity index is 1.54. The van der Waals surface area contributed by atoms with E-state index in [2.05, 4.69) is 38.4 Å². The fourth-order valence-electron chi connectivity index (χ4n) is 3.86. The molecule has 9 heteroatoms. The lowest BCUT2D eigenvalue weighted by molar-refractivity contribution is 0.0331. The van der Waals surface area contributed by atoms with E-state index in [0.29, 0.717) is 18.7 Å². The number of morpholine rings is 1. The number of benzene rings is 1. The van der Waals surface area contributed by atoms with Crippen molar-refractivity contribution >= 4 is 50.3 Å². The fourth-order valence-corrected chi connectivity index (χ4v) is 5.64. The van der Waals surface area contributed by atoms with Gasteiger partial charge in [0.25, 0.3) is 5.91 Å². The highest BCUT2D eigenvalue weighted by Gasteiger charge is 2.19. The SMILES string of the molecule is CCNC(=O)c1cccc(Nc2nc(CN3CCOCC3)nc3scc(-c4cccs4)c23)c1. The van der Waals surface area contributed by atoms with Crippen LogP contribution in [0.2, 0.25) is 0 Å². The Morgan fingerprint density at radius 3 is 2.82 bits per heavy atom. The van der Waals surface area contributed by atoms with Gasteiger partial charge in [-0.25, -0.2) is 9.97 Å². The van der Waals surface area contributed by atoms with Crippen LogP contribution in [0.1, 0.15) is 23.1 Å². The predicted octanol–water partition coefficient (Wildman–Crippen LogP) is 4.75. The van der Waals surface area contributed by atoms with Crippen LogP contribution in [0.25, 0.3) is 20.7 Å². The summed E-state index contributed by atoms with van der Waals surface area (Å²) in [4.78, 5) is 26.6. The molecule has 5 rings (SSSR count). The molecule has 2 N–H and O–H groups in total. The minimum Gasteiger partial charge on any atom is -0.379 e. The number of nitrogens with one attached hydrogen (secondary N) is 2. The molecule has 0 unspecified atom stereocenters. The van der Waals surface area contributed by atoms with Gasteiger partial charge < -0.3 is 15.4 Å². The Bertz CT molecular complexity index is 1250. The Morgan fingerprint density at radius 2 is 2.03 bits per heavy atom. The summed E-state index contributed by atoms with van der Waals surface area (Å²) in [7, 11) is 0. The summed E-state index contributed by atoms with van der Waals surface area (Å²) in [6.45, 7) is 6.42. The van der Waals surface area contributed by atoms with Crippen molar-refractivity contribution in [1.29, 1.82) is 0 Å². The first kappa shape index (κ1) is 22.0. The van der Waals surface area contributed by atoms with Crippen LogP contribution < -0.4 is 10.6 Å². The number of amides is 1. The predicted molar refractivity (Wildman–Crippen MR) is 135 cm³/mol. The van der Waals surface area contributed by atoms with Crippen LogP contribution in [0, 0.1) is 0 Å². The maximum absolute atomic E-state index is 12.3. The van der Waals surface area contributed by atoms with Crippen LogP contribution in [-0.2, 0) is 11.3 Å². The number of nitrogens with zero attached hydrogens (tertiary/aromatic N) is 3. The molecule has 1 fully saturated rings. The molecule has 4 aromatic rings. The molecule has 0 bridgehead atoms. The highest BCUT2D eigenvalue weighted by molar-refractivity contribution is 7.18. The van der Waals surface area contributed by atoms with Gasteiger partial charge in [-0.05, 0) is 36.6 Å². The van der Waals surface area contributed by atoms with Crippen LogP contribution in [-0.4, -0.2) is 53.6 Å². The van der Waals surface area contributed by atoms with E-state index in [1.807, 2.05) is 31.2 Å². The van der Waals surface area contributed by atoms with Crippen molar-refractivity contribution < 1.29 is 9.53 Å². The highest BCUT2D eigenvalue weighted by Crippen LogP contribution is 2.39. The molecule has 1 amide bonds. The molecule has 1 aliphatic rings. The normalized spacial score (nSPS) is 14.5. The summed E-state index contributed by atoms with van der Waals surface area (Å²) in [5.41, 5.74) is 2.56. The third-order valence-corrected chi connectivity index (χ3v) is 7.24. The second kappa shape index (κ2) is 9.96. The molecule has 1 aliphatic heterocycles. The number of anilines is 2. The van der Waals surface area contributed by atoms with Crippen molar-refractivity contribution in [1.82, 2.24) is 20.2 Å². The van der Waals surface area contributed by atoms with Gasteiger partial charge in [-0.15, -0.1) is 22.7 Å². The molecule has 0 radical (unpaired) electrons. The Kier molecular flexibility index (Phi) is 6.63. The molecule has 4 heterocycles. The summed E-state index contributed by atoms with van der Waals surface area (Å²) in [5.74, 6) is 1.46. The third-order valence-electron chi connectivity index (χ3n) is 5.46. The molecule has 1 aromatic carbocycles. The second-order valence-corrected chi connectivity index (χ2v) is 9.55. The lowest BCUT2D eigenvalue weighted by atomic mass is 10.1. The van der Waals surface area contributed by atoms with Crippen LogP contribution in [0.4, 0.5) is 11.5 Å². The Morgan fingerprint density at radius 1 is 1.15 bits per heavy atom. The van der Waals surface area contributed by atoms with E-state index in [1.165, 1.54) is 4.88 Å². The summed E-state index contributed by atoms with van der Waals surface area (Å²) in [6, 6.07) is 11.7. The van der Waals surface area contributed by atoms with E-state index in [4.69, 9.17) is 14.7 Å². The smallest absolute Gasteiger partial charge is 0.251 e. The monoisotopic (exact) mass is 479 g/mol. The van der Waals surface area contributed by atoms with Gasteiger partial charge in [0, 0.05) is 46.7 Å². The van der Waals surface area contributed by atoms with Gasteiger partial charge in [0.1, 0.15) is 16.5 Å². The molecule has 170 valence electrons. The van der Waals surface area contributed by atoms with Crippen molar-refractivity contribution in [2.75, 3.05) is 38.2 Å². The van der Waals surface area contributed by atoms with Crippen LogP contribution in [0.5, 0.6) is 0 Å². The number of aromatic nitrogens is 2. The quantitative estimate of drug-likeness (QED) is 0.398. The summed E-state index contributed by atoms with van der Waals surface area (Å²) >= 11 is 3.34. The van der Waals surface area contributed by atoms with Gasteiger partial charge in [0.05, 0.1) is 25.1 Å². The van der Waals surface area contributed by atoms with Crippen LogP contribution in [0.15, 0.2) is 47.2 Å². The molecule has 0 atom stereocenters. The van der Waals surface area contributed by atoms with Crippen molar-refractivity contribution in [3.05, 3.63) is 58.5 Å². The average Bonchev–Trinajstić information content (AvgIpc) is 3.50. The molecule has 0 saturated carbocycles. The van der Waals surface area contributed by atoms with E-state index >= 15 is 0 Å². The Hall–Kier alpha value is -2.85. The standard InChI is InChI=1S/C24H25N5O2S2/c1-2-25-23(30)16-5-3-6-17(13-16)26-22-21-18(19-7-4-12-32-19)15-33-24(21)28-20(27-22)14-29-8-10-31-11-9-29/h3-7,12-13,15H,2,8-11,14H2,1H3,(H,25,30)(H,26,27,28). The van der Waals surface area contributed by atoms with Crippen molar-refractivity contribution in [3.63, 3.8) is 0 Å². The van der Waals surface area contributed by atoms with E-state index in [-0.39, 0.29) is 5.91 Å². The summed E-state index contributed by atoms with van der Waals surface area (Å²) in [5, 5.41) is 11.6. The average molecular weight is 480 g/mol. The van der Waals surface area contributed by atoms with Crippen molar-refractivity contribution in [2.45, 2.75) is 13.5 Å². The first-order valence-electron chi connectivity index (χ1n) is 11.0. The molecule has 3 aromatic heterocycles.